The second-order valence-electron chi connectivity index (χ2n) is 9.19. The van der Waals surface area contributed by atoms with E-state index in [0.29, 0.717) is 60.8 Å². The number of rotatable bonds is 12. The lowest BCUT2D eigenvalue weighted by Crippen LogP contribution is -2.31. The lowest BCUT2D eigenvalue weighted by atomic mass is 9.98. The first-order valence-corrected chi connectivity index (χ1v) is 12.8. The molecule has 1 aromatic heterocycles. The van der Waals surface area contributed by atoms with Crippen molar-refractivity contribution in [3.8, 4) is 11.5 Å². The van der Waals surface area contributed by atoms with Gasteiger partial charge in [-0.05, 0) is 63.4 Å². The van der Waals surface area contributed by atoms with Gasteiger partial charge in [-0.1, -0.05) is 31.5 Å². The van der Waals surface area contributed by atoms with Crippen LogP contribution in [-0.2, 0) is 4.74 Å². The van der Waals surface area contributed by atoms with Gasteiger partial charge in [0.25, 0.3) is 5.91 Å². The van der Waals surface area contributed by atoms with Crippen LogP contribution in [0.3, 0.4) is 0 Å². The van der Waals surface area contributed by atoms with Gasteiger partial charge >= 0.3 is 0 Å². The minimum absolute atomic E-state index is 0.106. The third-order valence-electron chi connectivity index (χ3n) is 6.21. The molecule has 0 bridgehead atoms. The van der Waals surface area contributed by atoms with E-state index in [-0.39, 0.29) is 23.2 Å². The quantitative estimate of drug-likeness (QED) is 0.300. The number of benzene rings is 2. The second-order valence-corrected chi connectivity index (χ2v) is 9.19. The van der Waals surface area contributed by atoms with Crippen LogP contribution in [0, 0.1) is 0 Å². The fourth-order valence-electron chi connectivity index (χ4n) is 4.51. The van der Waals surface area contributed by atoms with E-state index in [2.05, 4.69) is 6.92 Å². The molecular formula is C29H35NO6. The van der Waals surface area contributed by atoms with Crippen LogP contribution in [0.2, 0.25) is 0 Å². The Labute approximate surface area is 212 Å². The number of nitrogens with zero attached hydrogens (tertiary/aromatic N) is 1. The maximum atomic E-state index is 13.6. The number of amides is 1. The average Bonchev–Trinajstić information content (AvgIpc) is 3.14. The van der Waals surface area contributed by atoms with Crippen molar-refractivity contribution in [1.29, 1.82) is 0 Å². The summed E-state index contributed by atoms with van der Waals surface area (Å²) in [5.74, 6) is 1.07. The van der Waals surface area contributed by atoms with Gasteiger partial charge in [0.2, 0.25) is 5.76 Å². The van der Waals surface area contributed by atoms with Crippen molar-refractivity contribution in [2.24, 2.45) is 0 Å². The minimum Gasteiger partial charge on any atom is -0.490 e. The Balaban J connectivity index is 1.77. The fraction of sp³-hybridized carbons (Fsp3) is 0.448. The van der Waals surface area contributed by atoms with E-state index in [4.69, 9.17) is 18.6 Å². The topological polar surface area (TPSA) is 78.2 Å². The summed E-state index contributed by atoms with van der Waals surface area (Å²) in [7, 11) is 0. The van der Waals surface area contributed by atoms with Gasteiger partial charge in [-0.3, -0.25) is 9.59 Å². The van der Waals surface area contributed by atoms with Crippen LogP contribution < -0.4 is 14.9 Å². The van der Waals surface area contributed by atoms with E-state index in [9.17, 15) is 9.59 Å². The molecule has 192 valence electrons. The molecule has 7 nitrogen and oxygen atoms in total. The molecule has 1 unspecified atom stereocenters. The third-order valence-corrected chi connectivity index (χ3v) is 6.21. The van der Waals surface area contributed by atoms with Gasteiger partial charge in [-0.15, -0.1) is 0 Å². The lowest BCUT2D eigenvalue weighted by Gasteiger charge is -2.26. The van der Waals surface area contributed by atoms with Gasteiger partial charge in [-0.2, -0.15) is 0 Å². The molecule has 0 radical (unpaired) electrons. The summed E-state index contributed by atoms with van der Waals surface area (Å²) in [5, 5.41) is 0.462. The van der Waals surface area contributed by atoms with E-state index >= 15 is 0 Å². The zero-order chi connectivity index (χ0) is 25.7. The number of fused-ring (bicyclic) bond motifs is 2. The smallest absolute Gasteiger partial charge is 0.290 e. The van der Waals surface area contributed by atoms with Crippen molar-refractivity contribution in [3.05, 3.63) is 69.6 Å². The number of hydrogen-bond acceptors (Lipinski definition) is 6. The van der Waals surface area contributed by atoms with Crippen molar-refractivity contribution in [2.75, 3.05) is 26.4 Å². The largest absolute Gasteiger partial charge is 0.490 e. The van der Waals surface area contributed by atoms with E-state index in [1.165, 1.54) is 0 Å². The maximum Gasteiger partial charge on any atom is 0.290 e. The van der Waals surface area contributed by atoms with Gasteiger partial charge in [0.1, 0.15) is 5.58 Å². The molecule has 2 heterocycles. The van der Waals surface area contributed by atoms with Crippen LogP contribution in [-0.4, -0.2) is 43.3 Å². The van der Waals surface area contributed by atoms with Crippen molar-refractivity contribution < 1.29 is 23.4 Å². The normalized spacial score (nSPS) is 15.1. The SMILES string of the molecule is CCCCOc1ccc(C2c3c(oc4ccccc4c3=O)C(=O)N2CCCOC(C)C)cc1OCC. The third kappa shape index (κ3) is 5.26. The van der Waals surface area contributed by atoms with Crippen LogP contribution in [0.15, 0.2) is 51.7 Å². The summed E-state index contributed by atoms with van der Waals surface area (Å²) in [4.78, 5) is 28.9. The van der Waals surface area contributed by atoms with E-state index < -0.39 is 6.04 Å². The molecule has 4 rings (SSSR count). The van der Waals surface area contributed by atoms with Crippen LogP contribution in [0.4, 0.5) is 0 Å². The van der Waals surface area contributed by atoms with E-state index in [1.54, 1.807) is 29.2 Å². The standard InChI is InChI=1S/C29H35NO6/c1-5-7-16-35-23-14-13-20(18-24(23)33-6-2)26-25-27(31)21-11-8-9-12-22(21)36-28(25)29(32)30(26)15-10-17-34-19(3)4/h8-9,11-14,18-19,26H,5-7,10,15-17H2,1-4H3. The van der Waals surface area contributed by atoms with Gasteiger partial charge in [-0.25, -0.2) is 0 Å². The molecule has 1 aliphatic heterocycles. The summed E-state index contributed by atoms with van der Waals surface area (Å²) in [5.41, 5.74) is 1.37. The number of para-hydroxylation sites is 1. The number of unbranched alkanes of at least 4 members (excludes halogenated alkanes) is 1. The Morgan fingerprint density at radius 3 is 2.53 bits per heavy atom. The zero-order valence-corrected chi connectivity index (χ0v) is 21.5. The Bertz CT molecular complexity index is 1260. The molecule has 1 atom stereocenters. The minimum atomic E-state index is -0.587. The van der Waals surface area contributed by atoms with Gasteiger partial charge in [0.15, 0.2) is 16.9 Å². The van der Waals surface area contributed by atoms with E-state index in [1.807, 2.05) is 39.0 Å². The molecular weight excluding hydrogens is 458 g/mol. The molecule has 0 aliphatic carbocycles. The molecule has 0 N–H and O–H groups in total. The molecule has 1 amide bonds. The summed E-state index contributed by atoms with van der Waals surface area (Å²) >= 11 is 0. The first kappa shape index (κ1) is 25.8. The molecule has 3 aromatic rings. The summed E-state index contributed by atoms with van der Waals surface area (Å²) in [6.07, 6.45) is 2.72. The Hall–Kier alpha value is -3.32. The predicted octanol–water partition coefficient (Wildman–Crippen LogP) is 5.73. The number of hydrogen-bond donors (Lipinski definition) is 0. The highest BCUT2D eigenvalue weighted by molar-refractivity contribution is 5.99. The number of carbonyl (C=O) groups excluding carboxylic acids is 1. The Morgan fingerprint density at radius 2 is 1.78 bits per heavy atom. The molecule has 0 fully saturated rings. The van der Waals surface area contributed by atoms with Crippen LogP contribution in [0.25, 0.3) is 11.0 Å². The molecule has 0 spiro atoms. The highest BCUT2D eigenvalue weighted by Crippen LogP contribution is 2.41. The molecule has 1 aliphatic rings. The summed E-state index contributed by atoms with van der Waals surface area (Å²) in [6, 6.07) is 12.1. The zero-order valence-electron chi connectivity index (χ0n) is 21.5. The van der Waals surface area contributed by atoms with Crippen LogP contribution in [0.5, 0.6) is 11.5 Å². The highest BCUT2D eigenvalue weighted by atomic mass is 16.5. The highest BCUT2D eigenvalue weighted by Gasteiger charge is 2.42. The summed E-state index contributed by atoms with van der Waals surface area (Å²) < 4.78 is 23.5. The Morgan fingerprint density at radius 1 is 0.972 bits per heavy atom. The van der Waals surface area contributed by atoms with Crippen molar-refractivity contribution in [2.45, 2.75) is 59.1 Å². The van der Waals surface area contributed by atoms with Gasteiger partial charge in [0.05, 0.1) is 36.3 Å². The van der Waals surface area contributed by atoms with Crippen molar-refractivity contribution in [1.82, 2.24) is 4.90 Å². The van der Waals surface area contributed by atoms with Crippen LogP contribution >= 0.6 is 0 Å². The molecule has 36 heavy (non-hydrogen) atoms. The molecule has 2 aromatic carbocycles. The van der Waals surface area contributed by atoms with Crippen molar-refractivity contribution >= 4 is 16.9 Å². The fourth-order valence-corrected chi connectivity index (χ4v) is 4.51. The van der Waals surface area contributed by atoms with Crippen molar-refractivity contribution in [3.63, 3.8) is 0 Å². The molecule has 0 saturated carbocycles. The van der Waals surface area contributed by atoms with Gasteiger partial charge in [0, 0.05) is 13.2 Å². The molecule has 0 saturated heterocycles. The first-order valence-electron chi connectivity index (χ1n) is 12.8. The summed E-state index contributed by atoms with van der Waals surface area (Å²) in [6.45, 7) is 9.99. The molecule has 7 heteroatoms. The number of ether oxygens (including phenoxy) is 3. The Kier molecular flexibility index (Phi) is 8.31. The predicted molar refractivity (Wildman–Crippen MR) is 139 cm³/mol. The van der Waals surface area contributed by atoms with E-state index in [0.717, 1.165) is 18.4 Å². The van der Waals surface area contributed by atoms with Gasteiger partial charge < -0.3 is 23.5 Å². The maximum absolute atomic E-state index is 13.6. The van der Waals surface area contributed by atoms with Crippen LogP contribution in [0.1, 0.15) is 74.7 Å². The first-order chi connectivity index (χ1) is 17.5. The monoisotopic (exact) mass is 493 g/mol. The second kappa shape index (κ2) is 11.6. The number of carbonyl (C=O) groups is 1. The lowest BCUT2D eigenvalue weighted by molar-refractivity contribution is 0.0593. The average molecular weight is 494 g/mol.